The van der Waals surface area contributed by atoms with E-state index in [0.29, 0.717) is 19.5 Å². The molecule has 0 bridgehead atoms. The molecule has 0 aromatic heterocycles. The third-order valence-corrected chi connectivity index (χ3v) is 3.19. The van der Waals surface area contributed by atoms with Crippen LogP contribution in [0.15, 0.2) is 0 Å². The zero-order valence-electron chi connectivity index (χ0n) is 9.45. The van der Waals surface area contributed by atoms with Crippen molar-refractivity contribution in [1.29, 1.82) is 0 Å². The van der Waals surface area contributed by atoms with E-state index in [1.165, 1.54) is 0 Å². The van der Waals surface area contributed by atoms with Crippen molar-refractivity contribution in [3.05, 3.63) is 0 Å². The standard InChI is InChI=1S/C11H20ClNO2/c1-3-4-9-7-13(6-5-10(9)14)11(15)8(2)12/h8-10,14H,3-7H2,1-2H3/t8-,9-,10-/m1/s1. The van der Waals surface area contributed by atoms with Crippen LogP contribution in [0.3, 0.4) is 0 Å². The highest BCUT2D eigenvalue weighted by Gasteiger charge is 2.30. The molecule has 15 heavy (non-hydrogen) atoms. The van der Waals surface area contributed by atoms with Gasteiger partial charge in [0.25, 0.3) is 0 Å². The van der Waals surface area contributed by atoms with Crippen LogP contribution in [-0.2, 0) is 4.79 Å². The van der Waals surface area contributed by atoms with E-state index >= 15 is 0 Å². The van der Waals surface area contributed by atoms with Crippen LogP contribution in [0.25, 0.3) is 0 Å². The summed E-state index contributed by atoms with van der Waals surface area (Å²) in [6.45, 7) is 5.09. The highest BCUT2D eigenvalue weighted by atomic mass is 35.5. The normalized spacial score (nSPS) is 28.9. The summed E-state index contributed by atoms with van der Waals surface area (Å²) in [7, 11) is 0. The van der Waals surface area contributed by atoms with Crippen LogP contribution in [-0.4, -0.2) is 40.5 Å². The summed E-state index contributed by atoms with van der Waals surface area (Å²) in [6.07, 6.45) is 2.45. The number of piperidine rings is 1. The molecule has 0 spiro atoms. The largest absolute Gasteiger partial charge is 0.393 e. The van der Waals surface area contributed by atoms with Crippen LogP contribution >= 0.6 is 11.6 Å². The fourth-order valence-electron chi connectivity index (χ4n) is 2.13. The number of alkyl halides is 1. The van der Waals surface area contributed by atoms with Crippen molar-refractivity contribution in [1.82, 2.24) is 4.90 Å². The molecule has 4 heteroatoms. The van der Waals surface area contributed by atoms with Crippen LogP contribution in [0.5, 0.6) is 0 Å². The minimum Gasteiger partial charge on any atom is -0.393 e. The Morgan fingerprint density at radius 2 is 2.33 bits per heavy atom. The maximum atomic E-state index is 11.7. The van der Waals surface area contributed by atoms with Gasteiger partial charge in [-0.15, -0.1) is 11.6 Å². The molecule has 1 aliphatic heterocycles. The average molecular weight is 234 g/mol. The lowest BCUT2D eigenvalue weighted by molar-refractivity contribution is -0.134. The van der Waals surface area contributed by atoms with Crippen molar-refractivity contribution in [2.45, 2.75) is 44.6 Å². The summed E-state index contributed by atoms with van der Waals surface area (Å²) in [5, 5.41) is 9.31. The quantitative estimate of drug-likeness (QED) is 0.753. The van der Waals surface area contributed by atoms with E-state index in [4.69, 9.17) is 11.6 Å². The summed E-state index contributed by atoms with van der Waals surface area (Å²) in [4.78, 5) is 13.4. The number of likely N-dealkylation sites (tertiary alicyclic amines) is 1. The van der Waals surface area contributed by atoms with E-state index in [9.17, 15) is 9.90 Å². The molecule has 1 aliphatic rings. The number of rotatable bonds is 3. The number of hydrogen-bond donors (Lipinski definition) is 1. The molecule has 1 fully saturated rings. The van der Waals surface area contributed by atoms with Gasteiger partial charge in [-0.25, -0.2) is 0 Å². The number of hydrogen-bond acceptors (Lipinski definition) is 2. The second kappa shape index (κ2) is 5.71. The Labute approximate surface area is 96.4 Å². The molecule has 0 unspecified atom stereocenters. The summed E-state index contributed by atoms with van der Waals surface area (Å²) >= 11 is 5.77. The third kappa shape index (κ3) is 3.35. The lowest BCUT2D eigenvalue weighted by Crippen LogP contribution is -2.47. The highest BCUT2D eigenvalue weighted by Crippen LogP contribution is 2.22. The van der Waals surface area contributed by atoms with Gasteiger partial charge in [0.05, 0.1) is 6.10 Å². The fraction of sp³-hybridized carbons (Fsp3) is 0.909. The van der Waals surface area contributed by atoms with Gasteiger partial charge in [0.1, 0.15) is 5.38 Å². The Morgan fingerprint density at radius 1 is 1.67 bits per heavy atom. The number of carbonyl (C=O) groups excluding carboxylic acids is 1. The first kappa shape index (κ1) is 12.8. The van der Waals surface area contributed by atoms with Gasteiger partial charge in [0.15, 0.2) is 0 Å². The van der Waals surface area contributed by atoms with E-state index in [2.05, 4.69) is 6.92 Å². The van der Waals surface area contributed by atoms with Crippen molar-refractivity contribution in [2.24, 2.45) is 5.92 Å². The first-order valence-electron chi connectivity index (χ1n) is 5.67. The predicted octanol–water partition coefficient (Wildman–Crippen LogP) is 1.62. The third-order valence-electron chi connectivity index (χ3n) is 3.01. The Morgan fingerprint density at radius 3 is 2.87 bits per heavy atom. The van der Waals surface area contributed by atoms with E-state index in [-0.39, 0.29) is 17.9 Å². The minimum atomic E-state index is -0.456. The second-order valence-corrected chi connectivity index (χ2v) is 4.96. The van der Waals surface area contributed by atoms with Crippen LogP contribution in [0.4, 0.5) is 0 Å². The Bertz CT molecular complexity index is 221. The van der Waals surface area contributed by atoms with E-state index in [0.717, 1.165) is 12.8 Å². The van der Waals surface area contributed by atoms with Crippen molar-refractivity contribution in [3.8, 4) is 0 Å². The van der Waals surface area contributed by atoms with Gasteiger partial charge < -0.3 is 10.0 Å². The van der Waals surface area contributed by atoms with Crippen LogP contribution in [0.2, 0.25) is 0 Å². The lowest BCUT2D eigenvalue weighted by Gasteiger charge is -2.36. The molecular formula is C11H20ClNO2. The van der Waals surface area contributed by atoms with E-state index in [1.807, 2.05) is 0 Å². The second-order valence-electron chi connectivity index (χ2n) is 4.31. The first-order chi connectivity index (χ1) is 7.06. The summed E-state index contributed by atoms with van der Waals surface area (Å²) in [5.41, 5.74) is 0. The molecule has 0 aromatic rings. The molecule has 0 saturated carbocycles. The van der Waals surface area contributed by atoms with Crippen molar-refractivity contribution in [2.75, 3.05) is 13.1 Å². The van der Waals surface area contributed by atoms with Crippen LogP contribution in [0.1, 0.15) is 33.1 Å². The van der Waals surface area contributed by atoms with Crippen molar-refractivity contribution in [3.63, 3.8) is 0 Å². The summed E-state index contributed by atoms with van der Waals surface area (Å²) in [5.74, 6) is 0.216. The summed E-state index contributed by atoms with van der Waals surface area (Å²) in [6, 6.07) is 0. The first-order valence-corrected chi connectivity index (χ1v) is 6.10. The lowest BCUT2D eigenvalue weighted by atomic mass is 9.90. The van der Waals surface area contributed by atoms with Crippen LogP contribution in [0, 0.1) is 5.92 Å². The molecule has 0 aliphatic carbocycles. The van der Waals surface area contributed by atoms with E-state index < -0.39 is 5.38 Å². The smallest absolute Gasteiger partial charge is 0.240 e. The van der Waals surface area contributed by atoms with Gasteiger partial charge in [-0.3, -0.25) is 4.79 Å². The zero-order chi connectivity index (χ0) is 11.4. The maximum absolute atomic E-state index is 11.7. The Kier molecular flexibility index (Phi) is 4.87. The van der Waals surface area contributed by atoms with Gasteiger partial charge in [-0.1, -0.05) is 13.3 Å². The molecular weight excluding hydrogens is 214 g/mol. The molecule has 1 heterocycles. The molecule has 1 N–H and O–H groups in total. The summed E-state index contributed by atoms with van der Waals surface area (Å²) < 4.78 is 0. The van der Waals surface area contributed by atoms with Gasteiger partial charge in [-0.05, 0) is 19.8 Å². The number of aliphatic hydroxyl groups excluding tert-OH is 1. The fourth-order valence-corrected chi connectivity index (χ4v) is 2.26. The minimum absolute atomic E-state index is 0.00957. The van der Waals surface area contributed by atoms with Crippen LogP contribution < -0.4 is 0 Å². The monoisotopic (exact) mass is 233 g/mol. The number of halogens is 1. The topological polar surface area (TPSA) is 40.5 Å². The molecule has 3 atom stereocenters. The number of carbonyl (C=O) groups is 1. The van der Waals surface area contributed by atoms with Gasteiger partial charge in [-0.2, -0.15) is 0 Å². The van der Waals surface area contributed by atoms with Gasteiger partial charge in [0, 0.05) is 19.0 Å². The Balaban J connectivity index is 2.53. The molecule has 1 saturated heterocycles. The van der Waals surface area contributed by atoms with Gasteiger partial charge in [0.2, 0.25) is 5.91 Å². The Hall–Kier alpha value is -0.280. The molecule has 3 nitrogen and oxygen atoms in total. The molecule has 1 amide bonds. The SMILES string of the molecule is CCC[C@@H]1CN(C(=O)[C@@H](C)Cl)CC[C@H]1O. The van der Waals surface area contributed by atoms with E-state index in [1.54, 1.807) is 11.8 Å². The predicted molar refractivity (Wildman–Crippen MR) is 60.9 cm³/mol. The molecule has 0 aromatic carbocycles. The van der Waals surface area contributed by atoms with Crippen molar-refractivity contribution < 1.29 is 9.90 Å². The highest BCUT2D eigenvalue weighted by molar-refractivity contribution is 6.30. The molecule has 88 valence electrons. The average Bonchev–Trinajstić information content (AvgIpc) is 2.20. The van der Waals surface area contributed by atoms with Gasteiger partial charge >= 0.3 is 0 Å². The maximum Gasteiger partial charge on any atom is 0.240 e. The number of aliphatic hydroxyl groups is 1. The molecule has 1 rings (SSSR count). The van der Waals surface area contributed by atoms with Crippen molar-refractivity contribution >= 4 is 17.5 Å². The molecule has 0 radical (unpaired) electrons. The number of nitrogens with zero attached hydrogens (tertiary/aromatic N) is 1. The zero-order valence-corrected chi connectivity index (χ0v) is 10.2. The number of amides is 1.